The van der Waals surface area contributed by atoms with E-state index in [2.05, 4.69) is 31.0 Å². The molecule has 0 saturated carbocycles. The summed E-state index contributed by atoms with van der Waals surface area (Å²) in [6, 6.07) is -0.847. The first kappa shape index (κ1) is 19.9. The average molecular weight is 300 g/mol. The number of carbonyl (C=O) groups excluding carboxylic acids is 1. The Morgan fingerprint density at radius 1 is 1.14 bits per heavy atom. The highest BCUT2D eigenvalue weighted by atomic mass is 16.4. The minimum Gasteiger partial charge on any atom is -0.480 e. The molecular weight excluding hydrogens is 268 g/mol. The normalized spacial score (nSPS) is 15.7. The van der Waals surface area contributed by atoms with Gasteiger partial charge in [0.05, 0.1) is 5.54 Å². The van der Waals surface area contributed by atoms with Crippen molar-refractivity contribution in [2.24, 2.45) is 5.92 Å². The Bertz CT molecular complexity index is 372. The molecule has 0 rings (SSSR count). The van der Waals surface area contributed by atoms with Crippen LogP contribution in [0.5, 0.6) is 0 Å². The van der Waals surface area contributed by atoms with Gasteiger partial charge in [0.25, 0.3) is 0 Å². The van der Waals surface area contributed by atoms with Crippen LogP contribution in [0.4, 0.5) is 0 Å². The number of carbonyl (C=O) groups is 2. The number of amides is 1. The number of carboxylic acids is 1. The Labute approximate surface area is 129 Å². The second kappa shape index (κ2) is 7.25. The number of likely N-dealkylation sites (N-methyl/N-ethyl adjacent to an activating group) is 1. The fraction of sp³-hybridized carbons (Fsp3) is 0.875. The van der Waals surface area contributed by atoms with Crippen LogP contribution in [0, 0.1) is 5.92 Å². The third kappa shape index (κ3) is 4.99. The van der Waals surface area contributed by atoms with Crippen molar-refractivity contribution in [1.29, 1.82) is 0 Å². The second-order valence-corrected chi connectivity index (χ2v) is 7.15. The lowest BCUT2D eigenvalue weighted by Gasteiger charge is -2.45. The summed E-state index contributed by atoms with van der Waals surface area (Å²) in [7, 11) is 0. The van der Waals surface area contributed by atoms with Gasteiger partial charge in [-0.15, -0.1) is 0 Å². The first-order valence-electron chi connectivity index (χ1n) is 7.71. The largest absolute Gasteiger partial charge is 0.480 e. The second-order valence-electron chi connectivity index (χ2n) is 7.15. The van der Waals surface area contributed by atoms with Gasteiger partial charge < -0.3 is 10.4 Å². The number of nitrogens with zero attached hydrogens (tertiary/aromatic N) is 1. The van der Waals surface area contributed by atoms with E-state index in [0.29, 0.717) is 13.0 Å². The Morgan fingerprint density at radius 2 is 1.62 bits per heavy atom. The summed E-state index contributed by atoms with van der Waals surface area (Å²) in [5.74, 6) is -1.33. The predicted molar refractivity (Wildman–Crippen MR) is 85.2 cm³/mol. The van der Waals surface area contributed by atoms with Crippen molar-refractivity contribution in [2.75, 3.05) is 6.54 Å². The van der Waals surface area contributed by atoms with E-state index >= 15 is 0 Å². The zero-order chi connectivity index (χ0) is 17.0. The summed E-state index contributed by atoms with van der Waals surface area (Å²) in [6.07, 6.45) is 0.703. The van der Waals surface area contributed by atoms with Gasteiger partial charge in [0.1, 0.15) is 6.04 Å². The van der Waals surface area contributed by atoms with Crippen molar-refractivity contribution >= 4 is 11.9 Å². The van der Waals surface area contributed by atoms with Crippen LogP contribution in [0.25, 0.3) is 0 Å². The molecule has 2 unspecified atom stereocenters. The Kier molecular flexibility index (Phi) is 6.87. The summed E-state index contributed by atoms with van der Waals surface area (Å²) >= 11 is 0. The lowest BCUT2D eigenvalue weighted by atomic mass is 9.92. The molecule has 0 saturated heterocycles. The van der Waals surface area contributed by atoms with Gasteiger partial charge in [0.2, 0.25) is 5.91 Å². The van der Waals surface area contributed by atoms with Gasteiger partial charge in [-0.25, -0.2) is 4.79 Å². The first-order valence-corrected chi connectivity index (χ1v) is 7.71. The van der Waals surface area contributed by atoms with E-state index in [-0.39, 0.29) is 17.4 Å². The third-order valence-corrected chi connectivity index (χ3v) is 4.12. The van der Waals surface area contributed by atoms with Gasteiger partial charge >= 0.3 is 5.97 Å². The quantitative estimate of drug-likeness (QED) is 0.758. The average Bonchev–Trinajstić information content (AvgIpc) is 2.32. The number of aliphatic carboxylic acids is 1. The van der Waals surface area contributed by atoms with Crippen molar-refractivity contribution in [1.82, 2.24) is 10.2 Å². The maximum absolute atomic E-state index is 12.6. The van der Waals surface area contributed by atoms with Crippen molar-refractivity contribution in [3.05, 3.63) is 0 Å². The molecule has 0 aliphatic carbocycles. The maximum atomic E-state index is 12.6. The number of rotatable bonds is 7. The van der Waals surface area contributed by atoms with Crippen molar-refractivity contribution < 1.29 is 14.7 Å². The third-order valence-electron chi connectivity index (χ3n) is 4.12. The lowest BCUT2D eigenvalue weighted by molar-refractivity contribution is -0.146. The summed E-state index contributed by atoms with van der Waals surface area (Å²) in [6.45, 7) is 16.3. The Hall–Kier alpha value is -1.10. The van der Waals surface area contributed by atoms with Crippen molar-refractivity contribution in [3.63, 3.8) is 0 Å². The van der Waals surface area contributed by atoms with Crippen LogP contribution in [-0.2, 0) is 9.59 Å². The van der Waals surface area contributed by atoms with Crippen LogP contribution in [0.1, 0.15) is 61.8 Å². The van der Waals surface area contributed by atoms with Crippen LogP contribution >= 0.6 is 0 Å². The zero-order valence-corrected chi connectivity index (χ0v) is 14.8. The molecule has 124 valence electrons. The molecule has 2 N–H and O–H groups in total. The van der Waals surface area contributed by atoms with Crippen LogP contribution in [-0.4, -0.2) is 45.5 Å². The van der Waals surface area contributed by atoms with Crippen molar-refractivity contribution in [3.8, 4) is 0 Å². The smallest absolute Gasteiger partial charge is 0.326 e. The molecule has 0 aromatic carbocycles. The molecule has 5 nitrogen and oxygen atoms in total. The Balaban J connectivity index is 5.25. The van der Waals surface area contributed by atoms with E-state index in [1.807, 2.05) is 34.6 Å². The molecule has 0 radical (unpaired) electrons. The SMILES string of the molecule is CCC(C)C(NC(=O)C(C)(C)N(CC)C(C)(C)C)C(=O)O. The molecule has 0 aliphatic heterocycles. The molecule has 0 spiro atoms. The van der Waals surface area contributed by atoms with Gasteiger partial charge in [-0.1, -0.05) is 27.2 Å². The van der Waals surface area contributed by atoms with Crippen LogP contribution < -0.4 is 5.32 Å². The molecule has 0 aromatic rings. The molecule has 0 aliphatic rings. The molecule has 0 aromatic heterocycles. The molecule has 1 amide bonds. The van der Waals surface area contributed by atoms with E-state index in [1.54, 1.807) is 0 Å². The molecule has 5 heteroatoms. The molecule has 2 atom stereocenters. The minimum atomic E-state index is -0.979. The van der Waals surface area contributed by atoms with Crippen LogP contribution in [0.3, 0.4) is 0 Å². The number of hydrogen-bond donors (Lipinski definition) is 2. The summed E-state index contributed by atoms with van der Waals surface area (Å²) in [4.78, 5) is 26.1. The Morgan fingerprint density at radius 3 is 1.90 bits per heavy atom. The molecular formula is C16H32N2O3. The van der Waals surface area contributed by atoms with E-state index in [1.165, 1.54) is 0 Å². The lowest BCUT2D eigenvalue weighted by Crippen LogP contribution is -2.63. The van der Waals surface area contributed by atoms with Crippen molar-refractivity contribution in [2.45, 2.75) is 78.9 Å². The molecule has 0 heterocycles. The minimum absolute atomic E-state index is 0.105. The highest BCUT2D eigenvalue weighted by Crippen LogP contribution is 2.25. The highest BCUT2D eigenvalue weighted by molar-refractivity contribution is 5.89. The first-order chi connectivity index (χ1) is 9.39. The standard InChI is InChI=1S/C16H32N2O3/c1-9-11(3)12(13(19)20)17-14(21)16(7,8)18(10-2)15(4,5)6/h11-12H,9-10H2,1-8H3,(H,17,21)(H,19,20). The van der Waals surface area contributed by atoms with E-state index in [4.69, 9.17) is 0 Å². The molecule has 0 fully saturated rings. The predicted octanol–water partition coefficient (Wildman–Crippen LogP) is 2.50. The summed E-state index contributed by atoms with van der Waals surface area (Å²) in [5, 5.41) is 12.0. The van der Waals surface area contributed by atoms with E-state index in [9.17, 15) is 14.7 Å². The van der Waals surface area contributed by atoms with Gasteiger partial charge in [-0.3, -0.25) is 9.69 Å². The van der Waals surface area contributed by atoms with E-state index in [0.717, 1.165) is 0 Å². The molecule has 0 bridgehead atoms. The molecule has 21 heavy (non-hydrogen) atoms. The monoisotopic (exact) mass is 300 g/mol. The van der Waals surface area contributed by atoms with Gasteiger partial charge in [0, 0.05) is 5.54 Å². The fourth-order valence-corrected chi connectivity index (χ4v) is 2.83. The summed E-state index contributed by atoms with van der Waals surface area (Å²) in [5.41, 5.74) is -0.946. The van der Waals surface area contributed by atoms with Gasteiger partial charge in [-0.2, -0.15) is 0 Å². The zero-order valence-electron chi connectivity index (χ0n) is 14.8. The van der Waals surface area contributed by atoms with Crippen LogP contribution in [0.2, 0.25) is 0 Å². The highest BCUT2D eigenvalue weighted by Gasteiger charge is 2.41. The van der Waals surface area contributed by atoms with Gasteiger partial charge in [-0.05, 0) is 47.1 Å². The summed E-state index contributed by atoms with van der Waals surface area (Å²) < 4.78 is 0. The topological polar surface area (TPSA) is 69.6 Å². The number of carboxylic acid groups (broad SMARTS) is 1. The van der Waals surface area contributed by atoms with Gasteiger partial charge in [0.15, 0.2) is 0 Å². The number of nitrogens with one attached hydrogen (secondary N) is 1. The fourth-order valence-electron chi connectivity index (χ4n) is 2.83. The number of hydrogen-bond acceptors (Lipinski definition) is 3. The van der Waals surface area contributed by atoms with E-state index < -0.39 is 17.6 Å². The maximum Gasteiger partial charge on any atom is 0.326 e. The van der Waals surface area contributed by atoms with Crippen LogP contribution in [0.15, 0.2) is 0 Å².